The van der Waals surface area contributed by atoms with Gasteiger partial charge in [-0.05, 0) is 63.2 Å². The van der Waals surface area contributed by atoms with Crippen molar-refractivity contribution < 1.29 is 13.9 Å². The quantitative estimate of drug-likeness (QED) is 0.573. The second-order valence-corrected chi connectivity index (χ2v) is 8.92. The van der Waals surface area contributed by atoms with E-state index in [0.29, 0.717) is 31.1 Å². The van der Waals surface area contributed by atoms with Gasteiger partial charge in [0.2, 0.25) is 0 Å². The third kappa shape index (κ3) is 5.44. The van der Waals surface area contributed by atoms with Crippen molar-refractivity contribution in [3.63, 3.8) is 0 Å². The van der Waals surface area contributed by atoms with Gasteiger partial charge in [0.25, 0.3) is 0 Å². The Labute approximate surface area is 199 Å². The molecule has 0 saturated carbocycles. The zero-order valence-electron chi connectivity index (χ0n) is 19.5. The fraction of sp³-hybridized carbons (Fsp3) is 0.609. The van der Waals surface area contributed by atoms with Crippen molar-refractivity contribution >= 4 is 18.2 Å². The van der Waals surface area contributed by atoms with Gasteiger partial charge in [0.15, 0.2) is 10.6 Å². The first-order valence-corrected chi connectivity index (χ1v) is 12.2. The van der Waals surface area contributed by atoms with Crippen LogP contribution in [0.1, 0.15) is 26.7 Å². The molecule has 2 amide bonds. The maximum atomic E-state index is 13.5. The number of piperazine rings is 1. The highest BCUT2D eigenvalue weighted by molar-refractivity contribution is 7.71. The van der Waals surface area contributed by atoms with Gasteiger partial charge in [-0.25, -0.2) is 13.9 Å². The average molecular weight is 477 g/mol. The molecule has 3 heterocycles. The molecule has 0 aliphatic carbocycles. The largest absolute Gasteiger partial charge is 0.376 e. The van der Waals surface area contributed by atoms with Gasteiger partial charge >= 0.3 is 6.03 Å². The Morgan fingerprint density at radius 2 is 1.88 bits per heavy atom. The minimum atomic E-state index is -0.278. The summed E-state index contributed by atoms with van der Waals surface area (Å²) in [6, 6.07) is 6.47. The molecule has 0 radical (unpaired) electrons. The number of hydrogen-bond acceptors (Lipinski definition) is 5. The van der Waals surface area contributed by atoms with E-state index < -0.39 is 0 Å². The topological polar surface area (TPSA) is 58.8 Å². The number of urea groups is 1. The smallest absolute Gasteiger partial charge is 0.320 e. The van der Waals surface area contributed by atoms with Crippen LogP contribution in [0.15, 0.2) is 24.3 Å². The van der Waals surface area contributed by atoms with Crippen molar-refractivity contribution in [3.05, 3.63) is 34.9 Å². The van der Waals surface area contributed by atoms with Crippen LogP contribution in [-0.4, -0.2) is 87.1 Å². The fourth-order valence-corrected chi connectivity index (χ4v) is 4.73. The second-order valence-electron chi connectivity index (χ2n) is 8.56. The van der Waals surface area contributed by atoms with E-state index in [2.05, 4.69) is 4.90 Å². The van der Waals surface area contributed by atoms with E-state index in [1.807, 2.05) is 32.9 Å². The summed E-state index contributed by atoms with van der Waals surface area (Å²) in [6.45, 7) is 10.3. The molecule has 1 atom stereocenters. The van der Waals surface area contributed by atoms with Crippen molar-refractivity contribution in [2.24, 2.45) is 0 Å². The molecule has 2 aromatic rings. The van der Waals surface area contributed by atoms with Crippen LogP contribution >= 0.6 is 12.2 Å². The summed E-state index contributed by atoms with van der Waals surface area (Å²) in [5.74, 6) is 0.449. The first-order valence-electron chi connectivity index (χ1n) is 11.8. The van der Waals surface area contributed by atoms with E-state index in [0.717, 1.165) is 57.0 Å². The molecule has 1 unspecified atom stereocenters. The van der Waals surface area contributed by atoms with E-state index in [-0.39, 0.29) is 18.0 Å². The van der Waals surface area contributed by atoms with Crippen LogP contribution in [0.5, 0.6) is 0 Å². The van der Waals surface area contributed by atoms with E-state index in [4.69, 9.17) is 22.1 Å². The highest BCUT2D eigenvalue weighted by atomic mass is 32.1. The fourth-order valence-electron chi connectivity index (χ4n) is 4.47. The van der Waals surface area contributed by atoms with Gasteiger partial charge in [-0.2, -0.15) is 5.10 Å². The molecule has 1 aromatic carbocycles. The Hall–Kier alpha value is -2.30. The maximum absolute atomic E-state index is 13.5. The Morgan fingerprint density at radius 1 is 1.18 bits per heavy atom. The molecular formula is C23H33FN6O2S. The molecule has 0 N–H and O–H groups in total. The summed E-state index contributed by atoms with van der Waals surface area (Å²) in [5.41, 5.74) is 0.828. The van der Waals surface area contributed by atoms with E-state index in [1.54, 1.807) is 12.1 Å². The van der Waals surface area contributed by atoms with Gasteiger partial charge < -0.3 is 14.5 Å². The van der Waals surface area contributed by atoms with Gasteiger partial charge in [0.05, 0.1) is 19.3 Å². The number of rotatable bonds is 7. The summed E-state index contributed by atoms with van der Waals surface area (Å²) in [4.78, 5) is 18.7. The van der Waals surface area contributed by atoms with Crippen LogP contribution in [0.3, 0.4) is 0 Å². The number of nitrogens with zero attached hydrogens (tertiary/aromatic N) is 6. The first kappa shape index (κ1) is 23.8. The van der Waals surface area contributed by atoms with E-state index in [1.165, 1.54) is 12.1 Å². The van der Waals surface area contributed by atoms with E-state index >= 15 is 0 Å². The van der Waals surface area contributed by atoms with Crippen molar-refractivity contribution in [2.45, 2.75) is 46.0 Å². The lowest BCUT2D eigenvalue weighted by Crippen LogP contribution is -2.53. The maximum Gasteiger partial charge on any atom is 0.320 e. The van der Waals surface area contributed by atoms with Crippen LogP contribution < -0.4 is 0 Å². The number of amides is 2. The molecule has 0 spiro atoms. The minimum Gasteiger partial charge on any atom is -0.376 e. The number of halogens is 1. The molecule has 1 aromatic heterocycles. The Kier molecular flexibility index (Phi) is 7.77. The summed E-state index contributed by atoms with van der Waals surface area (Å²) in [7, 11) is 0. The molecule has 8 nitrogen and oxygen atoms in total. The van der Waals surface area contributed by atoms with Gasteiger partial charge in [-0.1, -0.05) is 0 Å². The summed E-state index contributed by atoms with van der Waals surface area (Å²) in [5, 5.41) is 4.82. The zero-order valence-corrected chi connectivity index (χ0v) is 20.3. The van der Waals surface area contributed by atoms with Gasteiger partial charge in [-0.15, -0.1) is 0 Å². The number of ether oxygens (including phenoxy) is 1. The number of carbonyl (C=O) groups excluding carboxylic acids is 1. The molecule has 33 heavy (non-hydrogen) atoms. The van der Waals surface area contributed by atoms with Crippen LogP contribution in [0.25, 0.3) is 11.4 Å². The number of carbonyl (C=O) groups is 1. The van der Waals surface area contributed by atoms with Crippen molar-refractivity contribution in [3.8, 4) is 11.4 Å². The number of benzene rings is 1. The first-order chi connectivity index (χ1) is 16.0. The average Bonchev–Trinajstić information content (AvgIpc) is 3.45. The lowest BCUT2D eigenvalue weighted by Gasteiger charge is -2.36. The number of aromatic nitrogens is 3. The molecule has 2 fully saturated rings. The lowest BCUT2D eigenvalue weighted by atomic mass is 10.2. The Morgan fingerprint density at radius 3 is 2.48 bits per heavy atom. The molecular weight excluding hydrogens is 443 g/mol. The second kappa shape index (κ2) is 10.8. The van der Waals surface area contributed by atoms with Crippen LogP contribution in [-0.2, 0) is 18.0 Å². The van der Waals surface area contributed by atoms with Crippen molar-refractivity contribution in [1.29, 1.82) is 0 Å². The highest BCUT2D eigenvalue weighted by Crippen LogP contribution is 2.23. The summed E-state index contributed by atoms with van der Waals surface area (Å²) >= 11 is 5.81. The molecule has 180 valence electrons. The lowest BCUT2D eigenvalue weighted by molar-refractivity contribution is 0.0938. The number of hydrogen-bond donors (Lipinski definition) is 0. The van der Waals surface area contributed by atoms with Gasteiger partial charge in [-0.3, -0.25) is 9.47 Å². The highest BCUT2D eigenvalue weighted by Gasteiger charge is 2.25. The summed E-state index contributed by atoms with van der Waals surface area (Å²) in [6.07, 6.45) is 2.16. The predicted molar refractivity (Wildman–Crippen MR) is 127 cm³/mol. The molecule has 0 bridgehead atoms. The summed E-state index contributed by atoms with van der Waals surface area (Å²) < 4.78 is 23.8. The SMILES string of the molecule is CCN(CC)C(=O)N1CCN(Cn2nc(-c3ccc(F)cc3)n(CC3CCCO3)c2=S)CC1. The van der Waals surface area contributed by atoms with Gasteiger partial charge in [0.1, 0.15) is 5.82 Å². The third-order valence-electron chi connectivity index (χ3n) is 6.45. The van der Waals surface area contributed by atoms with Crippen LogP contribution in [0.2, 0.25) is 0 Å². The minimum absolute atomic E-state index is 0.107. The monoisotopic (exact) mass is 476 g/mol. The molecule has 10 heteroatoms. The molecule has 4 rings (SSSR count). The zero-order chi connectivity index (χ0) is 23.4. The van der Waals surface area contributed by atoms with Crippen molar-refractivity contribution in [1.82, 2.24) is 29.0 Å². The predicted octanol–water partition coefficient (Wildman–Crippen LogP) is 3.44. The van der Waals surface area contributed by atoms with Crippen LogP contribution in [0, 0.1) is 10.6 Å². The van der Waals surface area contributed by atoms with Crippen molar-refractivity contribution in [2.75, 3.05) is 45.9 Å². The molecule has 2 aliphatic rings. The Bertz CT molecular complexity index is 989. The molecule has 2 saturated heterocycles. The van der Waals surface area contributed by atoms with Gasteiger partial charge in [0, 0.05) is 51.4 Å². The molecule has 2 aliphatic heterocycles. The normalized spacial score (nSPS) is 19.2. The van der Waals surface area contributed by atoms with E-state index in [9.17, 15) is 9.18 Å². The van der Waals surface area contributed by atoms with Crippen LogP contribution in [0.4, 0.5) is 9.18 Å². The standard InChI is InChI=1S/C23H33FN6O2S/c1-3-27(4-2)22(31)28-13-11-26(12-14-28)17-30-23(33)29(16-20-6-5-15-32-20)21(25-30)18-7-9-19(24)10-8-18/h7-10,20H,3-6,11-17H2,1-2H3. The Balaban J connectivity index is 1.49. The third-order valence-corrected chi connectivity index (χ3v) is 6.88.